The average Bonchev–Trinajstić information content (AvgIpc) is 3.20. The first kappa shape index (κ1) is 23.1. The molecule has 1 aromatic carbocycles. The summed E-state index contributed by atoms with van der Waals surface area (Å²) < 4.78 is 0. The highest BCUT2D eigenvalue weighted by Gasteiger charge is 2.48. The summed E-state index contributed by atoms with van der Waals surface area (Å²) in [5.41, 5.74) is 5.75. The molecule has 0 saturated carbocycles. The van der Waals surface area contributed by atoms with Crippen LogP contribution in [0.25, 0.3) is 0 Å². The van der Waals surface area contributed by atoms with Crippen LogP contribution in [0.5, 0.6) is 0 Å². The van der Waals surface area contributed by atoms with E-state index in [1.807, 2.05) is 39.0 Å². The van der Waals surface area contributed by atoms with Crippen molar-refractivity contribution in [2.24, 2.45) is 11.1 Å². The van der Waals surface area contributed by atoms with Gasteiger partial charge in [0.1, 0.15) is 5.60 Å². The molecule has 158 valence electrons. The van der Waals surface area contributed by atoms with Crippen LogP contribution in [0.1, 0.15) is 57.6 Å². The van der Waals surface area contributed by atoms with Gasteiger partial charge in [0.25, 0.3) is 0 Å². The fraction of sp³-hybridized carbons (Fsp3) is 0.667. The Balaban J connectivity index is 2.10. The molecule has 0 bridgehead atoms. The Bertz CT molecular complexity index is 677. The summed E-state index contributed by atoms with van der Waals surface area (Å²) >= 11 is 6.13. The summed E-state index contributed by atoms with van der Waals surface area (Å²) in [5.74, 6) is -0.270. The standard InChI is InChI=1S/C21H34ClN3O3/c1-4-21(28,19(27)25-18(26)17-6-5-11-24-17)20(2,3)10-9-14-12-16(22)8-7-15(14)13-23/h7-8,12,17,19,24,27-28H,4-6,9-11,13,23H2,1-3H3,(H,25,26)/t17?,19?,21-/m0/s1. The molecule has 0 spiro atoms. The Morgan fingerprint density at radius 1 is 1.43 bits per heavy atom. The summed E-state index contributed by atoms with van der Waals surface area (Å²) in [6.07, 6.45) is 1.88. The number of aliphatic hydroxyl groups is 2. The number of nitrogens with one attached hydrogen (secondary N) is 2. The lowest BCUT2D eigenvalue weighted by Crippen LogP contribution is -2.61. The first-order valence-electron chi connectivity index (χ1n) is 10.1. The van der Waals surface area contributed by atoms with Crippen LogP contribution in [0.3, 0.4) is 0 Å². The van der Waals surface area contributed by atoms with Crippen LogP contribution in [0.15, 0.2) is 18.2 Å². The van der Waals surface area contributed by atoms with E-state index in [9.17, 15) is 15.0 Å². The van der Waals surface area contributed by atoms with Gasteiger partial charge in [-0.1, -0.05) is 38.4 Å². The van der Waals surface area contributed by atoms with E-state index < -0.39 is 17.2 Å². The van der Waals surface area contributed by atoms with Gasteiger partial charge in [-0.2, -0.15) is 0 Å². The Hall–Kier alpha value is -1.18. The highest BCUT2D eigenvalue weighted by Crippen LogP contribution is 2.40. The molecular formula is C21H34ClN3O3. The topological polar surface area (TPSA) is 108 Å². The Kier molecular flexibility index (Phi) is 7.88. The number of hydrogen-bond donors (Lipinski definition) is 5. The minimum absolute atomic E-state index is 0.270. The lowest BCUT2D eigenvalue weighted by molar-refractivity contribution is -0.169. The van der Waals surface area contributed by atoms with Crippen LogP contribution in [-0.2, 0) is 17.8 Å². The van der Waals surface area contributed by atoms with Crippen LogP contribution in [0.2, 0.25) is 5.02 Å². The number of carbonyl (C=O) groups is 1. The van der Waals surface area contributed by atoms with Gasteiger partial charge in [-0.3, -0.25) is 4.79 Å². The van der Waals surface area contributed by atoms with Crippen molar-refractivity contribution in [2.45, 2.75) is 77.3 Å². The highest BCUT2D eigenvalue weighted by molar-refractivity contribution is 6.30. The molecule has 6 nitrogen and oxygen atoms in total. The summed E-state index contributed by atoms with van der Waals surface area (Å²) in [6, 6.07) is 5.32. The molecule has 2 rings (SSSR count). The van der Waals surface area contributed by atoms with Crippen molar-refractivity contribution in [3.8, 4) is 0 Å². The smallest absolute Gasteiger partial charge is 0.239 e. The first-order chi connectivity index (χ1) is 13.1. The number of benzene rings is 1. The Morgan fingerprint density at radius 3 is 2.71 bits per heavy atom. The summed E-state index contributed by atoms with van der Waals surface area (Å²) in [5, 5.41) is 28.4. The van der Waals surface area contributed by atoms with Gasteiger partial charge in [0, 0.05) is 11.6 Å². The van der Waals surface area contributed by atoms with Gasteiger partial charge in [-0.15, -0.1) is 0 Å². The zero-order valence-corrected chi connectivity index (χ0v) is 17.9. The molecule has 28 heavy (non-hydrogen) atoms. The van der Waals surface area contributed by atoms with Crippen molar-refractivity contribution in [2.75, 3.05) is 6.54 Å². The molecule has 1 saturated heterocycles. The van der Waals surface area contributed by atoms with Crippen LogP contribution < -0.4 is 16.4 Å². The third-order valence-corrected chi connectivity index (χ3v) is 6.46. The minimum atomic E-state index is -1.47. The number of hydrogen-bond acceptors (Lipinski definition) is 5. The van der Waals surface area contributed by atoms with Gasteiger partial charge in [0.15, 0.2) is 6.23 Å². The SMILES string of the molecule is CC[C@](O)(C(O)NC(=O)C1CCCN1)C(C)(C)CCc1cc(Cl)ccc1CN. The Labute approximate surface area is 172 Å². The molecule has 0 radical (unpaired) electrons. The predicted octanol–water partition coefficient (Wildman–Crippen LogP) is 2.09. The largest absolute Gasteiger partial charge is 0.385 e. The van der Waals surface area contributed by atoms with Crippen LogP contribution in [0, 0.1) is 5.41 Å². The zero-order valence-electron chi connectivity index (χ0n) is 17.1. The average molecular weight is 412 g/mol. The zero-order chi connectivity index (χ0) is 20.9. The van der Waals surface area contributed by atoms with E-state index in [0.717, 1.165) is 30.5 Å². The minimum Gasteiger partial charge on any atom is -0.385 e. The lowest BCUT2D eigenvalue weighted by atomic mass is 9.68. The third-order valence-electron chi connectivity index (χ3n) is 6.23. The maximum Gasteiger partial charge on any atom is 0.239 e. The van der Waals surface area contributed by atoms with Crippen molar-refractivity contribution >= 4 is 17.5 Å². The van der Waals surface area contributed by atoms with Gasteiger partial charge in [-0.25, -0.2) is 0 Å². The molecule has 1 aliphatic rings. The van der Waals surface area contributed by atoms with Gasteiger partial charge in [0.2, 0.25) is 5.91 Å². The van der Waals surface area contributed by atoms with Crippen molar-refractivity contribution in [3.05, 3.63) is 34.3 Å². The van der Waals surface area contributed by atoms with E-state index >= 15 is 0 Å². The van der Waals surface area contributed by atoms with Crippen molar-refractivity contribution < 1.29 is 15.0 Å². The fourth-order valence-electron chi connectivity index (χ4n) is 4.00. The van der Waals surface area contributed by atoms with Gasteiger partial charge in [-0.05, 0) is 67.3 Å². The molecule has 2 unspecified atom stereocenters. The van der Waals surface area contributed by atoms with Crippen LogP contribution in [0.4, 0.5) is 0 Å². The van der Waals surface area contributed by atoms with E-state index in [1.165, 1.54) is 0 Å². The maximum atomic E-state index is 12.4. The third kappa shape index (κ3) is 5.05. The van der Waals surface area contributed by atoms with Crippen LogP contribution >= 0.6 is 11.6 Å². The predicted molar refractivity (Wildman–Crippen MR) is 112 cm³/mol. The normalized spacial score (nSPS) is 20.6. The molecule has 3 atom stereocenters. The highest BCUT2D eigenvalue weighted by atomic mass is 35.5. The molecular weight excluding hydrogens is 378 g/mol. The molecule has 1 amide bonds. The van der Waals surface area contributed by atoms with Gasteiger partial charge >= 0.3 is 0 Å². The monoisotopic (exact) mass is 411 g/mol. The quantitative estimate of drug-likeness (QED) is 0.400. The lowest BCUT2D eigenvalue weighted by Gasteiger charge is -2.45. The number of nitrogens with two attached hydrogens (primary N) is 1. The van der Waals surface area contributed by atoms with Gasteiger partial charge in [0.05, 0.1) is 6.04 Å². The Morgan fingerprint density at radius 2 is 2.14 bits per heavy atom. The van der Waals surface area contributed by atoms with Crippen molar-refractivity contribution in [1.29, 1.82) is 0 Å². The summed E-state index contributed by atoms with van der Waals surface area (Å²) in [4.78, 5) is 12.4. The molecule has 1 fully saturated rings. The molecule has 0 aliphatic carbocycles. The van der Waals surface area contributed by atoms with Gasteiger partial charge < -0.3 is 26.6 Å². The van der Waals surface area contributed by atoms with E-state index in [0.29, 0.717) is 30.8 Å². The van der Waals surface area contributed by atoms with Crippen LogP contribution in [-0.4, -0.2) is 40.5 Å². The number of aryl methyl sites for hydroxylation is 1. The number of halogens is 1. The molecule has 1 aliphatic heterocycles. The molecule has 6 N–H and O–H groups in total. The van der Waals surface area contributed by atoms with Crippen molar-refractivity contribution in [3.63, 3.8) is 0 Å². The number of amides is 1. The van der Waals surface area contributed by atoms with E-state index in [2.05, 4.69) is 10.6 Å². The second-order valence-electron chi connectivity index (χ2n) is 8.34. The molecule has 1 heterocycles. The molecule has 7 heteroatoms. The second kappa shape index (κ2) is 9.55. The van der Waals surface area contributed by atoms with Crippen molar-refractivity contribution in [1.82, 2.24) is 10.6 Å². The van der Waals surface area contributed by atoms with E-state index in [-0.39, 0.29) is 11.9 Å². The molecule has 1 aromatic rings. The number of aliphatic hydroxyl groups excluding tert-OH is 1. The summed E-state index contributed by atoms with van der Waals surface area (Å²) in [7, 11) is 0. The molecule has 0 aromatic heterocycles. The number of carbonyl (C=O) groups excluding carboxylic acids is 1. The van der Waals surface area contributed by atoms with E-state index in [1.54, 1.807) is 0 Å². The maximum absolute atomic E-state index is 12.4. The number of rotatable bonds is 9. The van der Waals surface area contributed by atoms with E-state index in [4.69, 9.17) is 17.3 Å². The first-order valence-corrected chi connectivity index (χ1v) is 10.4. The second-order valence-corrected chi connectivity index (χ2v) is 8.78. The fourth-order valence-corrected chi connectivity index (χ4v) is 4.19. The summed E-state index contributed by atoms with van der Waals surface area (Å²) in [6.45, 7) is 6.84.